The first-order valence-electron chi connectivity index (χ1n) is 25.8. The van der Waals surface area contributed by atoms with E-state index < -0.39 is 26.0 Å². The number of allylic oxidation sites excluding steroid dienone is 2. The number of nitrogens with zero attached hydrogens (tertiary/aromatic N) is 3. The molecule has 3 aromatic rings. The Morgan fingerprint density at radius 3 is 2.42 bits per heavy atom. The molecule has 0 radical (unpaired) electrons. The Morgan fingerprint density at radius 1 is 0.959 bits per heavy atom. The van der Waals surface area contributed by atoms with E-state index in [1.165, 1.54) is 11.1 Å². The SMILES string of the molecule is CNCCCC(NC)C(=O)Nc1ccc(COC(=O)N(CCCP(O)O)CCOCCOC23CC(C)(CN/C(C)=C(\C=N)c4ccc(N5CCc6cccc(C=O)c6C5)nc4C(=O)O)CC(C)(C2)C(C)(C)C3)cc1. The Kier molecular flexibility index (Phi) is 20.3. The van der Waals surface area contributed by atoms with Crippen molar-refractivity contribution < 1.29 is 48.3 Å². The van der Waals surface area contributed by atoms with Gasteiger partial charge < -0.3 is 65.6 Å². The minimum absolute atomic E-state index is 0.0120. The van der Waals surface area contributed by atoms with E-state index in [1.807, 2.05) is 31.0 Å². The van der Waals surface area contributed by atoms with Crippen LogP contribution in [0.25, 0.3) is 5.57 Å². The molecule has 2 amide bonds. The van der Waals surface area contributed by atoms with Crippen molar-refractivity contribution in [2.24, 2.45) is 16.2 Å². The summed E-state index contributed by atoms with van der Waals surface area (Å²) in [5.41, 5.74) is 4.64. The van der Waals surface area contributed by atoms with Crippen molar-refractivity contribution in [2.45, 2.75) is 111 Å². The smallest absolute Gasteiger partial charge is 0.410 e. The van der Waals surface area contributed by atoms with Crippen molar-refractivity contribution in [3.63, 3.8) is 0 Å². The van der Waals surface area contributed by atoms with Crippen LogP contribution in [0, 0.1) is 21.7 Å². The zero-order valence-corrected chi connectivity index (χ0v) is 45.2. The monoisotopic (exact) mass is 1040 g/mol. The van der Waals surface area contributed by atoms with Crippen LogP contribution in [0.2, 0.25) is 0 Å². The van der Waals surface area contributed by atoms with Gasteiger partial charge >= 0.3 is 12.1 Å². The maximum atomic E-state index is 13.3. The predicted molar refractivity (Wildman–Crippen MR) is 289 cm³/mol. The predicted octanol–water partition coefficient (Wildman–Crippen LogP) is 7.38. The van der Waals surface area contributed by atoms with Gasteiger partial charge in [-0.25, -0.2) is 14.6 Å². The number of fused-ring (bicyclic) bond motifs is 3. The maximum Gasteiger partial charge on any atom is 0.410 e. The van der Waals surface area contributed by atoms with Crippen LogP contribution in [-0.4, -0.2) is 140 Å². The molecule has 2 fully saturated rings. The number of anilines is 2. The zero-order chi connectivity index (χ0) is 53.7. The Bertz CT molecular complexity index is 2470. The van der Waals surface area contributed by atoms with E-state index in [0.717, 1.165) is 61.6 Å². The van der Waals surface area contributed by atoms with E-state index in [-0.39, 0.29) is 66.4 Å². The number of ether oxygens (including phenoxy) is 3. The summed E-state index contributed by atoms with van der Waals surface area (Å²) in [4.78, 5) is 77.9. The van der Waals surface area contributed by atoms with Crippen molar-refractivity contribution in [1.82, 2.24) is 25.8 Å². The second kappa shape index (κ2) is 25.9. The third-order valence-electron chi connectivity index (χ3n) is 15.5. The van der Waals surface area contributed by atoms with Crippen molar-refractivity contribution >= 4 is 55.9 Å². The van der Waals surface area contributed by atoms with Crippen LogP contribution in [0.1, 0.15) is 123 Å². The van der Waals surface area contributed by atoms with Crippen LogP contribution in [-0.2, 0) is 38.6 Å². The highest BCUT2D eigenvalue weighted by molar-refractivity contribution is 7.45. The Morgan fingerprint density at radius 2 is 1.73 bits per heavy atom. The quantitative estimate of drug-likeness (QED) is 0.0153. The van der Waals surface area contributed by atoms with Crippen LogP contribution >= 0.6 is 8.38 Å². The highest BCUT2D eigenvalue weighted by Gasteiger charge is 2.64. The Labute approximate surface area is 437 Å². The molecule has 0 spiro atoms. The van der Waals surface area contributed by atoms with Crippen LogP contribution in [0.4, 0.5) is 16.3 Å². The average molecular weight is 1040 g/mol. The Balaban J connectivity index is 1.03. The van der Waals surface area contributed by atoms with Crippen molar-refractivity contribution in [3.05, 3.63) is 93.8 Å². The van der Waals surface area contributed by atoms with Gasteiger partial charge in [-0.05, 0) is 136 Å². The summed E-state index contributed by atoms with van der Waals surface area (Å²) in [6.45, 7) is 14.9. The standard InChI is InChI=1S/C55H79N8O10P/c1-38(44(29-56)43-18-19-47(61-48(43)50(66)67)63-23-20-40-11-8-12-41(31-64)45(40)30-63)59-37-53(4)34-54(5)36-55(35-53,33-52(54,2)3)73-27-26-71-25-24-62(22-10-28-74(69)70)51(68)72-32-39-14-16-42(17-15-39)60-49(65)46(58-7)13-9-21-57-6/h8,11-12,14-19,29,31,46,56-59,69-70H,9-10,13,20-28,30,32-37H2,1-7H3,(H,60,65)(H,66,67)/b44-38+,56-29?. The third-order valence-corrected chi connectivity index (χ3v) is 16.2. The number of aldehydes is 1. The van der Waals surface area contributed by atoms with Crippen LogP contribution in [0.15, 0.2) is 60.3 Å². The summed E-state index contributed by atoms with van der Waals surface area (Å²) >= 11 is 0. The van der Waals surface area contributed by atoms with Gasteiger partial charge in [-0.15, -0.1) is 0 Å². The number of carbonyl (C=O) groups excluding carboxylic acids is 3. The number of nitrogens with one attached hydrogen (secondary N) is 5. The van der Waals surface area contributed by atoms with Gasteiger partial charge in [-0.1, -0.05) is 58.0 Å². The first-order chi connectivity index (χ1) is 35.3. The van der Waals surface area contributed by atoms with Gasteiger partial charge in [0.2, 0.25) is 5.91 Å². The molecule has 2 aromatic carbocycles. The van der Waals surface area contributed by atoms with Crippen LogP contribution in [0.5, 0.6) is 0 Å². The second-order valence-corrected chi connectivity index (χ2v) is 22.7. The number of rotatable bonds is 28. The summed E-state index contributed by atoms with van der Waals surface area (Å²) in [5, 5.41) is 31.5. The van der Waals surface area contributed by atoms with Gasteiger partial charge in [-0.2, -0.15) is 0 Å². The van der Waals surface area contributed by atoms with E-state index in [2.05, 4.69) is 53.9 Å². The summed E-state index contributed by atoms with van der Waals surface area (Å²) in [5.74, 6) is -0.818. The number of pyridine rings is 1. The van der Waals surface area contributed by atoms with Gasteiger partial charge in [0, 0.05) is 73.2 Å². The molecule has 8 N–H and O–H groups in total. The fourth-order valence-corrected chi connectivity index (χ4v) is 12.0. The molecule has 0 saturated heterocycles. The summed E-state index contributed by atoms with van der Waals surface area (Å²) in [6.07, 6.45) is 7.76. The number of hydrogen-bond acceptors (Lipinski definition) is 15. The molecule has 1 aliphatic heterocycles. The lowest BCUT2D eigenvalue weighted by atomic mass is 9.58. The lowest BCUT2D eigenvalue weighted by molar-refractivity contribution is -0.118. The van der Waals surface area contributed by atoms with Gasteiger partial charge in [-0.3, -0.25) is 9.59 Å². The first-order valence-corrected chi connectivity index (χ1v) is 27.2. The fourth-order valence-electron chi connectivity index (χ4n) is 11.6. The number of amides is 2. The third kappa shape index (κ3) is 14.7. The first kappa shape index (κ1) is 57.9. The van der Waals surface area contributed by atoms with Crippen LogP contribution < -0.4 is 26.2 Å². The number of likely N-dealkylation sites (N-methyl/N-ethyl adjacent to an activating group) is 1. The molecule has 1 aromatic heterocycles. The van der Waals surface area contributed by atoms with Gasteiger partial charge in [0.25, 0.3) is 0 Å². The minimum Gasteiger partial charge on any atom is -0.476 e. The van der Waals surface area contributed by atoms with Gasteiger partial charge in [0.1, 0.15) is 18.7 Å². The molecule has 6 rings (SSSR count). The summed E-state index contributed by atoms with van der Waals surface area (Å²) in [6, 6.07) is 16.0. The molecule has 74 heavy (non-hydrogen) atoms. The molecular weight excluding hydrogens is 964 g/mol. The van der Waals surface area contributed by atoms with Crippen molar-refractivity contribution in [3.8, 4) is 0 Å². The van der Waals surface area contributed by atoms with E-state index in [0.29, 0.717) is 86.0 Å². The highest BCUT2D eigenvalue weighted by Crippen LogP contribution is 2.68. The van der Waals surface area contributed by atoms with Crippen molar-refractivity contribution in [2.75, 3.05) is 83.0 Å². The zero-order valence-electron chi connectivity index (χ0n) is 44.4. The molecule has 2 heterocycles. The maximum absolute atomic E-state index is 13.3. The lowest BCUT2D eigenvalue weighted by Crippen LogP contribution is -2.48. The largest absolute Gasteiger partial charge is 0.476 e. The summed E-state index contributed by atoms with van der Waals surface area (Å²) < 4.78 is 18.6. The number of aromatic carboxylic acids is 1. The summed E-state index contributed by atoms with van der Waals surface area (Å²) in [7, 11) is 1.54. The number of carboxylic acid groups (broad SMARTS) is 1. The van der Waals surface area contributed by atoms with Crippen molar-refractivity contribution in [1.29, 1.82) is 5.41 Å². The van der Waals surface area contributed by atoms with Gasteiger partial charge in [0.15, 0.2) is 14.1 Å². The number of carboxylic acids is 1. The molecule has 19 heteroatoms. The fraction of sp³-hybridized carbons (Fsp3) is 0.564. The number of carbonyl (C=O) groups is 4. The van der Waals surface area contributed by atoms with E-state index in [4.69, 9.17) is 19.6 Å². The highest BCUT2D eigenvalue weighted by atomic mass is 31.2. The molecule has 2 aliphatic carbocycles. The van der Waals surface area contributed by atoms with E-state index in [1.54, 1.807) is 49.5 Å². The molecule has 2 saturated carbocycles. The topological polar surface area (TPSA) is 248 Å². The Hall–Kier alpha value is -5.33. The molecule has 404 valence electrons. The van der Waals surface area contributed by atoms with E-state index in [9.17, 15) is 34.1 Å². The second-order valence-electron chi connectivity index (χ2n) is 21.6. The number of aromatic nitrogens is 1. The molecule has 3 aliphatic rings. The molecule has 4 atom stereocenters. The molecule has 2 bridgehead atoms. The van der Waals surface area contributed by atoms with Gasteiger partial charge in [0.05, 0.1) is 31.5 Å². The molecule has 18 nitrogen and oxygen atoms in total. The molecular formula is C55H79N8O10P. The van der Waals surface area contributed by atoms with E-state index >= 15 is 0 Å². The lowest BCUT2D eigenvalue weighted by Gasteiger charge is -2.50. The number of benzene rings is 2. The molecule has 4 unspecified atom stereocenters. The average Bonchev–Trinajstić information content (AvgIpc) is 3.52. The minimum atomic E-state index is -2.10. The number of hydrogen-bond donors (Lipinski definition) is 8. The normalized spacial score (nSPS) is 21.6. The van der Waals surface area contributed by atoms with Crippen LogP contribution in [0.3, 0.4) is 0 Å².